The molecule has 0 aliphatic heterocycles. The number of nitrogens with one attached hydrogen (secondary N) is 1. The zero-order valence-corrected chi connectivity index (χ0v) is 9.21. The minimum atomic E-state index is -0.286. The lowest BCUT2D eigenvalue weighted by atomic mass is 10.1. The smallest absolute Gasteiger partial charge is 0.138 e. The molecule has 16 heavy (non-hydrogen) atoms. The van der Waals surface area contributed by atoms with Crippen LogP contribution in [0.4, 0.5) is 4.39 Å². The summed E-state index contributed by atoms with van der Waals surface area (Å²) >= 11 is 0. The van der Waals surface area contributed by atoms with Crippen LogP contribution in [0.25, 0.3) is 0 Å². The normalized spacial score (nSPS) is 15.1. The molecule has 1 aromatic carbocycles. The molecule has 2 nitrogen and oxygen atoms in total. The van der Waals surface area contributed by atoms with Crippen LogP contribution in [0.15, 0.2) is 24.3 Å². The van der Waals surface area contributed by atoms with Crippen molar-refractivity contribution < 1.29 is 9.18 Å². The Hall–Kier alpha value is -1.22. The number of benzene rings is 1. The maximum absolute atomic E-state index is 13.2. The van der Waals surface area contributed by atoms with Gasteiger partial charge in [0.15, 0.2) is 0 Å². The highest BCUT2D eigenvalue weighted by molar-refractivity contribution is 5.81. The number of hydrogen-bond acceptors (Lipinski definition) is 2. The van der Waals surface area contributed by atoms with Gasteiger partial charge in [-0.3, -0.25) is 4.79 Å². The lowest BCUT2D eigenvalue weighted by molar-refractivity contribution is -0.118. The van der Waals surface area contributed by atoms with Crippen molar-refractivity contribution in [2.45, 2.75) is 31.7 Å². The summed E-state index contributed by atoms with van der Waals surface area (Å²) in [7, 11) is 0. The Morgan fingerprint density at radius 2 is 2.12 bits per heavy atom. The topological polar surface area (TPSA) is 29.1 Å². The highest BCUT2D eigenvalue weighted by Gasteiger charge is 2.20. The maximum atomic E-state index is 13.2. The van der Waals surface area contributed by atoms with Gasteiger partial charge in [-0.2, -0.15) is 0 Å². The third-order valence-electron chi connectivity index (χ3n) is 2.76. The first-order valence-corrected chi connectivity index (χ1v) is 5.74. The number of Topliss-reactive ketones (excluding diaryl/α,β-unsaturated/α-hetero) is 1. The zero-order valence-electron chi connectivity index (χ0n) is 9.21. The van der Waals surface area contributed by atoms with E-state index >= 15 is 0 Å². The molecule has 0 spiro atoms. The second kappa shape index (κ2) is 5.21. The van der Waals surface area contributed by atoms with E-state index in [1.807, 2.05) is 0 Å². The first-order chi connectivity index (χ1) is 7.75. The molecule has 1 aliphatic carbocycles. The Kier molecular flexibility index (Phi) is 3.67. The minimum absolute atomic E-state index is 0.0956. The van der Waals surface area contributed by atoms with Gasteiger partial charge in [0.05, 0.1) is 0 Å². The summed E-state index contributed by atoms with van der Waals surface area (Å²) in [6, 6.07) is 7.08. The van der Waals surface area contributed by atoms with Crippen molar-refractivity contribution in [3.05, 3.63) is 35.6 Å². The summed E-state index contributed by atoms with van der Waals surface area (Å²) in [6.45, 7) is 0.720. The highest BCUT2D eigenvalue weighted by atomic mass is 19.1. The molecular formula is C13H16FNO. The van der Waals surface area contributed by atoms with E-state index in [9.17, 15) is 9.18 Å². The number of hydrogen-bond donors (Lipinski definition) is 1. The third-order valence-corrected chi connectivity index (χ3v) is 2.76. The van der Waals surface area contributed by atoms with Crippen molar-refractivity contribution in [1.82, 2.24) is 5.32 Å². The van der Waals surface area contributed by atoms with Gasteiger partial charge in [0.1, 0.15) is 11.6 Å². The summed E-state index contributed by atoms with van der Waals surface area (Å²) in [5.41, 5.74) is 0.499. The monoisotopic (exact) mass is 221 g/mol. The molecule has 1 fully saturated rings. The van der Waals surface area contributed by atoms with Gasteiger partial charge in [-0.1, -0.05) is 18.2 Å². The van der Waals surface area contributed by atoms with Gasteiger partial charge in [0.25, 0.3) is 0 Å². The van der Waals surface area contributed by atoms with E-state index in [-0.39, 0.29) is 18.0 Å². The second-order valence-electron chi connectivity index (χ2n) is 4.29. The first-order valence-electron chi connectivity index (χ1n) is 5.74. The Balaban J connectivity index is 1.75. The molecule has 0 heterocycles. The second-order valence-corrected chi connectivity index (χ2v) is 4.29. The Labute approximate surface area is 94.9 Å². The molecule has 0 aromatic heterocycles. The molecule has 0 radical (unpaired) electrons. The molecule has 0 bridgehead atoms. The number of halogens is 1. The summed E-state index contributed by atoms with van der Waals surface area (Å²) in [5, 5.41) is 3.27. The lowest BCUT2D eigenvalue weighted by Gasteiger charge is -2.03. The van der Waals surface area contributed by atoms with Crippen molar-refractivity contribution >= 4 is 5.78 Å². The molecule has 3 heteroatoms. The Morgan fingerprint density at radius 1 is 1.38 bits per heavy atom. The minimum Gasteiger partial charge on any atom is -0.314 e. The summed E-state index contributed by atoms with van der Waals surface area (Å²) in [5.74, 6) is -0.191. The van der Waals surface area contributed by atoms with Gasteiger partial charge < -0.3 is 5.32 Å². The molecule has 86 valence electrons. The van der Waals surface area contributed by atoms with Crippen molar-refractivity contribution in [2.75, 3.05) is 6.54 Å². The molecule has 0 unspecified atom stereocenters. The molecule has 1 aromatic rings. The lowest BCUT2D eigenvalue weighted by Crippen LogP contribution is -2.21. The quantitative estimate of drug-likeness (QED) is 0.796. The molecule has 1 aliphatic rings. The van der Waals surface area contributed by atoms with E-state index < -0.39 is 0 Å². The third kappa shape index (κ3) is 3.42. The molecule has 1 saturated carbocycles. The summed E-state index contributed by atoms with van der Waals surface area (Å²) in [6.07, 6.45) is 3.15. The fourth-order valence-electron chi connectivity index (χ4n) is 1.65. The van der Waals surface area contributed by atoms with E-state index in [2.05, 4.69) is 5.32 Å². The molecule has 0 saturated heterocycles. The molecule has 0 atom stereocenters. The zero-order chi connectivity index (χ0) is 11.4. The van der Waals surface area contributed by atoms with Crippen LogP contribution in [0.2, 0.25) is 0 Å². The maximum Gasteiger partial charge on any atom is 0.138 e. The Bertz CT molecular complexity index is 374. The van der Waals surface area contributed by atoms with Gasteiger partial charge in [-0.05, 0) is 24.5 Å². The Morgan fingerprint density at radius 3 is 2.81 bits per heavy atom. The first kappa shape index (κ1) is 11.3. The van der Waals surface area contributed by atoms with E-state index in [0.29, 0.717) is 18.0 Å². The standard InChI is InChI=1S/C13H16FNO/c14-13-4-2-1-3-10(13)9-12(16)7-8-15-11-5-6-11/h1-4,11,15H,5-9H2. The fraction of sp³-hybridized carbons (Fsp3) is 0.462. The number of ketones is 1. The van der Waals surface area contributed by atoms with Crippen LogP contribution in [0.1, 0.15) is 24.8 Å². The fourth-order valence-corrected chi connectivity index (χ4v) is 1.65. The van der Waals surface area contributed by atoms with Crippen LogP contribution in [-0.2, 0) is 11.2 Å². The van der Waals surface area contributed by atoms with Crippen LogP contribution in [0.3, 0.4) is 0 Å². The molecule has 0 amide bonds. The number of carbonyl (C=O) groups excluding carboxylic acids is 1. The van der Waals surface area contributed by atoms with Crippen molar-refractivity contribution in [1.29, 1.82) is 0 Å². The predicted octanol–water partition coefficient (Wildman–Crippen LogP) is 2.08. The molecule has 2 rings (SSSR count). The van der Waals surface area contributed by atoms with E-state index in [1.54, 1.807) is 18.2 Å². The largest absolute Gasteiger partial charge is 0.314 e. The van der Waals surface area contributed by atoms with Gasteiger partial charge in [0.2, 0.25) is 0 Å². The molecule has 1 N–H and O–H groups in total. The van der Waals surface area contributed by atoms with Crippen LogP contribution in [-0.4, -0.2) is 18.4 Å². The van der Waals surface area contributed by atoms with Gasteiger partial charge in [0, 0.05) is 25.4 Å². The van der Waals surface area contributed by atoms with Crippen LogP contribution in [0, 0.1) is 5.82 Å². The van der Waals surface area contributed by atoms with E-state index in [1.165, 1.54) is 18.9 Å². The van der Waals surface area contributed by atoms with Crippen molar-refractivity contribution in [3.8, 4) is 0 Å². The average Bonchev–Trinajstić information content (AvgIpc) is 3.05. The van der Waals surface area contributed by atoms with Crippen LogP contribution in [0.5, 0.6) is 0 Å². The van der Waals surface area contributed by atoms with Crippen molar-refractivity contribution in [2.24, 2.45) is 0 Å². The van der Waals surface area contributed by atoms with Gasteiger partial charge in [-0.15, -0.1) is 0 Å². The van der Waals surface area contributed by atoms with E-state index in [0.717, 1.165) is 6.54 Å². The van der Waals surface area contributed by atoms with E-state index in [4.69, 9.17) is 0 Å². The van der Waals surface area contributed by atoms with Gasteiger partial charge in [-0.25, -0.2) is 4.39 Å². The van der Waals surface area contributed by atoms with Crippen molar-refractivity contribution in [3.63, 3.8) is 0 Å². The van der Waals surface area contributed by atoms with Crippen LogP contribution < -0.4 is 5.32 Å². The molecular weight excluding hydrogens is 205 g/mol. The summed E-state index contributed by atoms with van der Waals surface area (Å²) < 4.78 is 13.2. The average molecular weight is 221 g/mol. The number of carbonyl (C=O) groups is 1. The predicted molar refractivity (Wildman–Crippen MR) is 60.8 cm³/mol. The highest BCUT2D eigenvalue weighted by Crippen LogP contribution is 2.18. The number of rotatable bonds is 6. The van der Waals surface area contributed by atoms with Gasteiger partial charge >= 0.3 is 0 Å². The summed E-state index contributed by atoms with van der Waals surface area (Å²) in [4.78, 5) is 11.6. The van der Waals surface area contributed by atoms with Crippen LogP contribution >= 0.6 is 0 Å². The SMILES string of the molecule is O=C(CCNC1CC1)Cc1ccccc1F.